The SMILES string of the molecule is C=C(c1nc(C(C)=O)ccc1S(=O)(=O)CC)C(C)C1=C(C)C=C(C(C)(F)F)C(CC)C1=O. The lowest BCUT2D eigenvalue weighted by molar-refractivity contribution is -0.120. The van der Waals surface area contributed by atoms with E-state index in [2.05, 4.69) is 11.6 Å². The van der Waals surface area contributed by atoms with E-state index < -0.39 is 33.4 Å². The Morgan fingerprint density at radius 1 is 1.28 bits per heavy atom. The van der Waals surface area contributed by atoms with Crippen LogP contribution < -0.4 is 0 Å². The molecular formula is C24H29F2NO4S. The highest BCUT2D eigenvalue weighted by molar-refractivity contribution is 7.91. The number of halogens is 2. The van der Waals surface area contributed by atoms with E-state index in [0.29, 0.717) is 11.1 Å². The van der Waals surface area contributed by atoms with Crippen molar-refractivity contribution >= 4 is 27.0 Å². The number of Topliss-reactive ketones (excluding diaryl/α,β-unsaturated/α-hetero) is 2. The number of hydrogen-bond acceptors (Lipinski definition) is 5. The highest BCUT2D eigenvalue weighted by Gasteiger charge is 2.41. The van der Waals surface area contributed by atoms with Crippen LogP contribution >= 0.6 is 0 Å². The summed E-state index contributed by atoms with van der Waals surface area (Å²) in [5.74, 6) is -5.76. The molecule has 2 unspecified atom stereocenters. The Morgan fingerprint density at radius 3 is 2.34 bits per heavy atom. The van der Waals surface area contributed by atoms with E-state index in [9.17, 15) is 26.8 Å². The number of carbonyl (C=O) groups excluding carboxylic acids is 2. The molecule has 0 saturated carbocycles. The van der Waals surface area contributed by atoms with Gasteiger partial charge in [0.1, 0.15) is 5.69 Å². The first-order chi connectivity index (χ1) is 14.7. The van der Waals surface area contributed by atoms with Gasteiger partial charge in [-0.2, -0.15) is 0 Å². The molecule has 0 aliphatic heterocycles. The fourth-order valence-corrected chi connectivity index (χ4v) is 5.04. The number of aromatic nitrogens is 1. The van der Waals surface area contributed by atoms with E-state index in [1.165, 1.54) is 32.1 Å². The van der Waals surface area contributed by atoms with E-state index in [1.54, 1.807) is 20.8 Å². The molecule has 0 N–H and O–H groups in total. The maximum absolute atomic E-state index is 14.1. The van der Waals surface area contributed by atoms with Crippen molar-refractivity contribution in [3.8, 4) is 0 Å². The number of allylic oxidation sites excluding steroid dienone is 5. The first-order valence-electron chi connectivity index (χ1n) is 10.5. The maximum Gasteiger partial charge on any atom is 0.267 e. The molecule has 1 aromatic rings. The number of alkyl halides is 2. The van der Waals surface area contributed by atoms with Gasteiger partial charge in [-0.05, 0) is 36.6 Å². The Kier molecular flexibility index (Phi) is 7.39. The van der Waals surface area contributed by atoms with Crippen molar-refractivity contribution < 1.29 is 26.8 Å². The number of sulfone groups is 1. The third kappa shape index (κ3) is 4.80. The van der Waals surface area contributed by atoms with Gasteiger partial charge in [-0.15, -0.1) is 0 Å². The summed E-state index contributed by atoms with van der Waals surface area (Å²) in [5.41, 5.74) is 0.775. The largest absolute Gasteiger partial charge is 0.294 e. The van der Waals surface area contributed by atoms with Crippen LogP contribution in [0.5, 0.6) is 0 Å². The predicted molar refractivity (Wildman–Crippen MR) is 120 cm³/mol. The Bertz CT molecular complexity index is 1140. The molecule has 0 bridgehead atoms. The minimum atomic E-state index is -3.70. The quantitative estimate of drug-likeness (QED) is 0.491. The van der Waals surface area contributed by atoms with Crippen molar-refractivity contribution in [2.24, 2.45) is 11.8 Å². The van der Waals surface area contributed by atoms with Crippen molar-refractivity contribution in [1.82, 2.24) is 4.98 Å². The first-order valence-corrected chi connectivity index (χ1v) is 12.1. The van der Waals surface area contributed by atoms with Crippen molar-refractivity contribution in [3.63, 3.8) is 0 Å². The number of rotatable bonds is 8. The predicted octanol–water partition coefficient (Wildman–Crippen LogP) is 5.23. The minimum Gasteiger partial charge on any atom is -0.294 e. The number of hydrogen-bond donors (Lipinski definition) is 0. The van der Waals surface area contributed by atoms with Crippen LogP contribution in [0, 0.1) is 11.8 Å². The zero-order chi connectivity index (χ0) is 24.6. The zero-order valence-corrected chi connectivity index (χ0v) is 20.1. The van der Waals surface area contributed by atoms with E-state index in [4.69, 9.17) is 0 Å². The molecule has 2 atom stereocenters. The third-order valence-corrected chi connectivity index (χ3v) is 7.62. The molecule has 2 rings (SSSR count). The maximum atomic E-state index is 14.1. The third-order valence-electron chi connectivity index (χ3n) is 5.86. The molecule has 1 heterocycles. The second-order valence-corrected chi connectivity index (χ2v) is 10.4. The summed E-state index contributed by atoms with van der Waals surface area (Å²) in [7, 11) is -3.70. The molecule has 0 radical (unpaired) electrons. The van der Waals surface area contributed by atoms with E-state index >= 15 is 0 Å². The standard InChI is InChI=1S/C24H29F2NO4S/c1-8-17-18(24(7,25)26)12-13(3)21(23(17)29)14(4)15(5)22-20(32(30,31)9-2)11-10-19(27-22)16(6)28/h10-12,14,17H,5,8-9H2,1-4,6-7H3. The lowest BCUT2D eigenvalue weighted by atomic mass is 9.73. The summed E-state index contributed by atoms with van der Waals surface area (Å²) < 4.78 is 53.5. The van der Waals surface area contributed by atoms with E-state index in [1.807, 2.05) is 0 Å². The van der Waals surface area contributed by atoms with Crippen LogP contribution in [-0.2, 0) is 14.6 Å². The Labute approximate surface area is 188 Å². The van der Waals surface area contributed by atoms with Gasteiger partial charge in [0.15, 0.2) is 21.4 Å². The molecule has 8 heteroatoms. The van der Waals surface area contributed by atoms with Gasteiger partial charge in [0.25, 0.3) is 5.92 Å². The van der Waals surface area contributed by atoms with Gasteiger partial charge in [-0.3, -0.25) is 9.59 Å². The first kappa shape index (κ1) is 25.8. The van der Waals surface area contributed by atoms with E-state index in [0.717, 1.165) is 6.92 Å². The average molecular weight is 466 g/mol. The van der Waals surface area contributed by atoms with Gasteiger partial charge in [-0.25, -0.2) is 22.2 Å². The van der Waals surface area contributed by atoms with Crippen LogP contribution in [0.3, 0.4) is 0 Å². The van der Waals surface area contributed by atoms with Crippen LogP contribution in [-0.4, -0.2) is 36.6 Å². The number of nitrogens with zero attached hydrogens (tertiary/aromatic N) is 1. The molecule has 32 heavy (non-hydrogen) atoms. The molecule has 174 valence electrons. The van der Waals surface area contributed by atoms with Gasteiger partial charge in [0, 0.05) is 36.8 Å². The van der Waals surface area contributed by atoms with Crippen LogP contribution in [0.25, 0.3) is 5.57 Å². The number of pyridine rings is 1. The molecule has 0 spiro atoms. The van der Waals surface area contributed by atoms with E-state index in [-0.39, 0.29) is 45.4 Å². The summed E-state index contributed by atoms with van der Waals surface area (Å²) in [4.78, 5) is 29.3. The van der Waals surface area contributed by atoms with Crippen molar-refractivity contribution in [2.45, 2.75) is 58.8 Å². The molecule has 5 nitrogen and oxygen atoms in total. The lowest BCUT2D eigenvalue weighted by Crippen LogP contribution is -2.33. The average Bonchev–Trinajstić information content (AvgIpc) is 2.71. The molecule has 0 aromatic carbocycles. The van der Waals surface area contributed by atoms with Crippen molar-refractivity contribution in [3.05, 3.63) is 52.9 Å². The van der Waals surface area contributed by atoms with Gasteiger partial charge in [0.05, 0.1) is 16.3 Å². The van der Waals surface area contributed by atoms with Gasteiger partial charge < -0.3 is 0 Å². The van der Waals surface area contributed by atoms with Crippen LogP contribution in [0.2, 0.25) is 0 Å². The summed E-state index contributed by atoms with van der Waals surface area (Å²) in [5, 5.41) is 0. The fourth-order valence-electron chi connectivity index (χ4n) is 3.99. The summed E-state index contributed by atoms with van der Waals surface area (Å²) in [6, 6.07) is 2.66. The van der Waals surface area contributed by atoms with Gasteiger partial charge in [0.2, 0.25) is 0 Å². The minimum absolute atomic E-state index is 0.0174. The summed E-state index contributed by atoms with van der Waals surface area (Å²) in [6.45, 7) is 12.5. The Hall–Kier alpha value is -2.48. The molecule has 0 saturated heterocycles. The molecular weight excluding hydrogens is 436 g/mol. The number of carbonyl (C=O) groups is 2. The normalized spacial score (nSPS) is 18.4. The fraction of sp³-hybridized carbons (Fsp3) is 0.458. The van der Waals surface area contributed by atoms with Gasteiger partial charge in [-0.1, -0.05) is 33.4 Å². The summed E-state index contributed by atoms with van der Waals surface area (Å²) >= 11 is 0. The van der Waals surface area contributed by atoms with Crippen LogP contribution in [0.4, 0.5) is 8.78 Å². The molecule has 0 fully saturated rings. The molecule has 0 amide bonds. The van der Waals surface area contributed by atoms with Crippen LogP contribution in [0.15, 0.2) is 46.4 Å². The Balaban J connectivity index is 2.69. The summed E-state index contributed by atoms with van der Waals surface area (Å²) in [6.07, 6.45) is 1.55. The molecule has 1 aliphatic rings. The van der Waals surface area contributed by atoms with Gasteiger partial charge >= 0.3 is 0 Å². The highest BCUT2D eigenvalue weighted by atomic mass is 32.2. The topological polar surface area (TPSA) is 81.2 Å². The lowest BCUT2D eigenvalue weighted by Gasteiger charge is -2.31. The zero-order valence-electron chi connectivity index (χ0n) is 19.3. The molecule has 1 aliphatic carbocycles. The monoisotopic (exact) mass is 465 g/mol. The Morgan fingerprint density at radius 2 is 1.88 bits per heavy atom. The second-order valence-electron chi connectivity index (χ2n) is 8.16. The second kappa shape index (κ2) is 9.17. The van der Waals surface area contributed by atoms with Crippen molar-refractivity contribution in [1.29, 1.82) is 0 Å². The van der Waals surface area contributed by atoms with Crippen molar-refractivity contribution in [2.75, 3.05) is 5.75 Å². The molecule has 1 aromatic heterocycles. The highest BCUT2D eigenvalue weighted by Crippen LogP contribution is 2.42. The van der Waals surface area contributed by atoms with Crippen LogP contribution in [0.1, 0.15) is 64.1 Å². The number of ketones is 2. The smallest absolute Gasteiger partial charge is 0.267 e.